The molecule has 5 nitrogen and oxygen atoms in total. The Morgan fingerprint density at radius 3 is 2.00 bits per heavy atom. The van der Waals surface area contributed by atoms with E-state index in [1.165, 1.54) is 36.4 Å². The first-order chi connectivity index (χ1) is 12.8. The first-order valence-electron chi connectivity index (χ1n) is 8.44. The van der Waals surface area contributed by atoms with Crippen molar-refractivity contribution in [1.82, 2.24) is 5.32 Å². The molecule has 0 saturated heterocycles. The zero-order chi connectivity index (χ0) is 19.8. The predicted octanol–water partition coefficient (Wildman–Crippen LogP) is 2.39. The fourth-order valence-electron chi connectivity index (χ4n) is 2.51. The zero-order valence-electron chi connectivity index (χ0n) is 14.6. The second-order valence-electron chi connectivity index (χ2n) is 6.16. The molecule has 1 atom stereocenters. The Morgan fingerprint density at radius 1 is 0.889 bits per heavy atom. The quantitative estimate of drug-likeness (QED) is 0.661. The number of amides is 2. The maximum absolute atomic E-state index is 12.9. The molecule has 0 radical (unpaired) electrons. The summed E-state index contributed by atoms with van der Waals surface area (Å²) in [6.45, 7) is 0.0241. The van der Waals surface area contributed by atoms with Crippen molar-refractivity contribution < 1.29 is 23.2 Å². The molecule has 0 bridgehead atoms. The molecule has 7 heteroatoms. The highest BCUT2D eigenvalue weighted by Gasteiger charge is 2.18. The molecule has 142 valence electrons. The van der Waals surface area contributed by atoms with Crippen LogP contribution in [0, 0.1) is 17.6 Å². The van der Waals surface area contributed by atoms with Crippen LogP contribution in [0.25, 0.3) is 0 Å². The lowest BCUT2D eigenvalue weighted by Gasteiger charge is -2.14. The minimum Gasteiger partial charge on any atom is -0.369 e. The van der Waals surface area contributed by atoms with Crippen LogP contribution in [0.15, 0.2) is 48.5 Å². The van der Waals surface area contributed by atoms with Crippen molar-refractivity contribution in [3.05, 3.63) is 71.3 Å². The number of carbonyl (C=O) groups is 3. The van der Waals surface area contributed by atoms with Crippen molar-refractivity contribution in [2.24, 2.45) is 11.7 Å². The Bertz CT molecular complexity index is 805. The topological polar surface area (TPSA) is 89.3 Å². The van der Waals surface area contributed by atoms with Crippen molar-refractivity contribution in [3.63, 3.8) is 0 Å². The lowest BCUT2D eigenvalue weighted by molar-refractivity contribution is -0.123. The van der Waals surface area contributed by atoms with E-state index in [0.717, 1.165) is 5.56 Å². The van der Waals surface area contributed by atoms with Gasteiger partial charge in [-0.2, -0.15) is 0 Å². The van der Waals surface area contributed by atoms with E-state index in [-0.39, 0.29) is 37.4 Å². The average molecular weight is 374 g/mol. The summed E-state index contributed by atoms with van der Waals surface area (Å²) < 4.78 is 25.8. The SMILES string of the molecule is NC(=O)C(CNC(=O)CCC(=O)c1ccc(F)cc1)Cc1ccc(F)cc1. The van der Waals surface area contributed by atoms with E-state index < -0.39 is 23.5 Å². The normalized spacial score (nSPS) is 11.6. The van der Waals surface area contributed by atoms with Crippen LogP contribution in [0.2, 0.25) is 0 Å². The van der Waals surface area contributed by atoms with Crippen LogP contribution in [0.4, 0.5) is 8.78 Å². The van der Waals surface area contributed by atoms with Crippen LogP contribution >= 0.6 is 0 Å². The van der Waals surface area contributed by atoms with Gasteiger partial charge in [0.15, 0.2) is 5.78 Å². The van der Waals surface area contributed by atoms with Crippen LogP contribution in [0.1, 0.15) is 28.8 Å². The molecule has 0 aliphatic rings. The van der Waals surface area contributed by atoms with Gasteiger partial charge in [0.25, 0.3) is 0 Å². The number of ketones is 1. The smallest absolute Gasteiger partial charge is 0.222 e. The number of rotatable bonds is 9. The zero-order valence-corrected chi connectivity index (χ0v) is 14.6. The minimum absolute atomic E-state index is 0.0241. The number of hydrogen-bond donors (Lipinski definition) is 2. The molecule has 0 fully saturated rings. The molecule has 0 aromatic heterocycles. The molecule has 0 aliphatic heterocycles. The van der Waals surface area contributed by atoms with Crippen LogP contribution in [0.5, 0.6) is 0 Å². The summed E-state index contributed by atoms with van der Waals surface area (Å²) in [4.78, 5) is 35.5. The number of Topliss-reactive ketones (excluding diaryl/α,β-unsaturated/α-hetero) is 1. The van der Waals surface area contributed by atoms with E-state index in [9.17, 15) is 23.2 Å². The van der Waals surface area contributed by atoms with Gasteiger partial charge in [0.05, 0.1) is 5.92 Å². The third-order valence-electron chi connectivity index (χ3n) is 4.09. The van der Waals surface area contributed by atoms with Gasteiger partial charge in [-0.05, 0) is 48.4 Å². The molecular weight excluding hydrogens is 354 g/mol. The first-order valence-corrected chi connectivity index (χ1v) is 8.44. The number of nitrogens with two attached hydrogens (primary N) is 1. The van der Waals surface area contributed by atoms with Crippen LogP contribution in [-0.2, 0) is 16.0 Å². The molecule has 0 saturated carbocycles. The van der Waals surface area contributed by atoms with E-state index in [1.54, 1.807) is 12.1 Å². The molecular formula is C20H20F2N2O3. The van der Waals surface area contributed by atoms with Crippen molar-refractivity contribution in [3.8, 4) is 0 Å². The summed E-state index contributed by atoms with van der Waals surface area (Å²) in [5, 5.41) is 2.59. The van der Waals surface area contributed by atoms with Gasteiger partial charge in [-0.15, -0.1) is 0 Å². The standard InChI is InChI=1S/C20H20F2N2O3/c21-16-5-1-13(2-6-16)11-15(20(23)27)12-24-19(26)10-9-18(25)14-3-7-17(22)8-4-14/h1-8,15H,9-12H2,(H2,23,27)(H,24,26). The van der Waals surface area contributed by atoms with E-state index in [2.05, 4.69) is 5.32 Å². The molecule has 0 heterocycles. The predicted molar refractivity (Wildman–Crippen MR) is 95.8 cm³/mol. The Morgan fingerprint density at radius 2 is 1.44 bits per heavy atom. The Kier molecular flexibility index (Phi) is 7.16. The van der Waals surface area contributed by atoms with Gasteiger partial charge in [-0.1, -0.05) is 12.1 Å². The van der Waals surface area contributed by atoms with E-state index in [1.807, 2.05) is 0 Å². The van der Waals surface area contributed by atoms with Crippen LogP contribution in [-0.4, -0.2) is 24.1 Å². The highest BCUT2D eigenvalue weighted by molar-refractivity contribution is 5.97. The lowest BCUT2D eigenvalue weighted by Crippen LogP contribution is -2.37. The number of nitrogens with one attached hydrogen (secondary N) is 1. The van der Waals surface area contributed by atoms with Crippen molar-refractivity contribution in [2.75, 3.05) is 6.54 Å². The number of hydrogen-bond acceptors (Lipinski definition) is 3. The third-order valence-corrected chi connectivity index (χ3v) is 4.09. The number of benzene rings is 2. The molecule has 2 aromatic rings. The highest BCUT2D eigenvalue weighted by Crippen LogP contribution is 2.10. The largest absolute Gasteiger partial charge is 0.369 e. The summed E-state index contributed by atoms with van der Waals surface area (Å²) in [7, 11) is 0. The number of halogens is 2. The van der Waals surface area contributed by atoms with E-state index >= 15 is 0 Å². The summed E-state index contributed by atoms with van der Waals surface area (Å²) >= 11 is 0. The van der Waals surface area contributed by atoms with Gasteiger partial charge in [0, 0.05) is 24.9 Å². The Hall–Kier alpha value is -3.09. The lowest BCUT2D eigenvalue weighted by atomic mass is 9.98. The van der Waals surface area contributed by atoms with Crippen molar-refractivity contribution in [2.45, 2.75) is 19.3 Å². The fourth-order valence-corrected chi connectivity index (χ4v) is 2.51. The van der Waals surface area contributed by atoms with E-state index in [0.29, 0.717) is 5.56 Å². The van der Waals surface area contributed by atoms with Crippen LogP contribution in [0.3, 0.4) is 0 Å². The summed E-state index contributed by atoms with van der Waals surface area (Å²) in [5.74, 6) is -2.72. The molecule has 0 spiro atoms. The molecule has 2 amide bonds. The fraction of sp³-hybridized carbons (Fsp3) is 0.250. The summed E-state index contributed by atoms with van der Waals surface area (Å²) in [5.41, 5.74) is 6.41. The number of carbonyl (C=O) groups excluding carboxylic acids is 3. The second-order valence-corrected chi connectivity index (χ2v) is 6.16. The van der Waals surface area contributed by atoms with Crippen molar-refractivity contribution in [1.29, 1.82) is 0 Å². The van der Waals surface area contributed by atoms with Gasteiger partial charge >= 0.3 is 0 Å². The highest BCUT2D eigenvalue weighted by atomic mass is 19.1. The molecule has 3 N–H and O–H groups in total. The Balaban J connectivity index is 1.81. The van der Waals surface area contributed by atoms with Crippen LogP contribution < -0.4 is 11.1 Å². The monoisotopic (exact) mass is 374 g/mol. The Labute approximate surface area is 155 Å². The molecule has 0 aliphatic carbocycles. The summed E-state index contributed by atoms with van der Waals surface area (Å²) in [6.07, 6.45) is 0.180. The molecule has 2 rings (SSSR count). The first kappa shape index (κ1) is 20.2. The van der Waals surface area contributed by atoms with E-state index in [4.69, 9.17) is 5.73 Å². The third kappa shape index (κ3) is 6.62. The number of primary amides is 1. The second kappa shape index (κ2) is 9.56. The summed E-state index contributed by atoms with van der Waals surface area (Å²) in [6, 6.07) is 10.8. The van der Waals surface area contributed by atoms with Gasteiger partial charge < -0.3 is 11.1 Å². The van der Waals surface area contributed by atoms with Gasteiger partial charge in [0.2, 0.25) is 11.8 Å². The molecule has 27 heavy (non-hydrogen) atoms. The molecule has 1 unspecified atom stereocenters. The minimum atomic E-state index is -0.646. The maximum atomic E-state index is 12.9. The van der Waals surface area contributed by atoms with Gasteiger partial charge in [0.1, 0.15) is 11.6 Å². The van der Waals surface area contributed by atoms with Crippen molar-refractivity contribution >= 4 is 17.6 Å². The average Bonchev–Trinajstić information content (AvgIpc) is 2.65. The van der Waals surface area contributed by atoms with Gasteiger partial charge in [-0.25, -0.2) is 8.78 Å². The molecule has 2 aromatic carbocycles. The maximum Gasteiger partial charge on any atom is 0.222 e. The van der Waals surface area contributed by atoms with Gasteiger partial charge in [-0.3, -0.25) is 14.4 Å².